The lowest BCUT2D eigenvalue weighted by atomic mass is 10.2. The van der Waals surface area contributed by atoms with Crippen LogP contribution in [0.15, 0.2) is 54.9 Å². The third-order valence-corrected chi connectivity index (χ3v) is 5.42. The molecule has 0 saturated heterocycles. The molecule has 1 amide bonds. The molecule has 0 spiro atoms. The van der Waals surface area contributed by atoms with E-state index in [2.05, 4.69) is 15.3 Å². The maximum absolute atomic E-state index is 15.3. The van der Waals surface area contributed by atoms with Crippen LogP contribution >= 0.6 is 0 Å². The van der Waals surface area contributed by atoms with Crippen LogP contribution in [0.1, 0.15) is 17.0 Å². The van der Waals surface area contributed by atoms with Crippen LogP contribution in [0.3, 0.4) is 0 Å². The molecule has 11 heteroatoms. The van der Waals surface area contributed by atoms with Crippen molar-refractivity contribution in [3.63, 3.8) is 0 Å². The number of carbonyl (C=O) groups is 1. The summed E-state index contributed by atoms with van der Waals surface area (Å²) in [7, 11) is -3.65. The number of aromatic nitrogens is 3. The zero-order valence-corrected chi connectivity index (χ0v) is 19.4. The van der Waals surface area contributed by atoms with Crippen LogP contribution in [0.25, 0.3) is 10.9 Å². The number of hydrogen-bond donors (Lipinski definition) is 1. The van der Waals surface area contributed by atoms with Crippen LogP contribution in [0.2, 0.25) is 0 Å². The van der Waals surface area contributed by atoms with Gasteiger partial charge in [-0.1, -0.05) is 12.1 Å². The second kappa shape index (κ2) is 9.20. The third kappa shape index (κ3) is 5.21. The highest BCUT2D eigenvalue weighted by atomic mass is 32.2. The number of rotatable bonds is 6. The van der Waals surface area contributed by atoms with E-state index in [4.69, 9.17) is 8.92 Å². The van der Waals surface area contributed by atoms with Crippen LogP contribution in [0.4, 0.5) is 14.9 Å². The third-order valence-electron chi connectivity index (χ3n) is 4.87. The second-order valence-electron chi connectivity index (χ2n) is 7.65. The van der Waals surface area contributed by atoms with Crippen LogP contribution in [-0.4, -0.2) is 35.2 Å². The molecule has 2 aromatic carbocycles. The molecule has 9 nitrogen and oxygen atoms in total. The minimum Gasteiger partial charge on any atom is -0.436 e. The first-order valence-electron chi connectivity index (χ1n) is 10.1. The molecule has 176 valence electrons. The van der Waals surface area contributed by atoms with Gasteiger partial charge < -0.3 is 10.1 Å². The number of halogens is 1. The summed E-state index contributed by atoms with van der Waals surface area (Å²) in [5.41, 5.74) is 2.78. The molecule has 4 aromatic rings. The summed E-state index contributed by atoms with van der Waals surface area (Å²) < 4.78 is 49.3. The fraction of sp³-hybridized carbons (Fsp3) is 0.174. The number of amides is 1. The van der Waals surface area contributed by atoms with Gasteiger partial charge in [0.1, 0.15) is 12.9 Å². The smallest absolute Gasteiger partial charge is 0.330 e. The van der Waals surface area contributed by atoms with Gasteiger partial charge in [0.15, 0.2) is 11.6 Å². The van der Waals surface area contributed by atoms with Gasteiger partial charge in [0.05, 0.1) is 17.5 Å². The lowest BCUT2D eigenvalue weighted by Crippen LogP contribution is -2.20. The molecule has 4 rings (SSSR count). The van der Waals surface area contributed by atoms with Crippen molar-refractivity contribution in [2.45, 2.75) is 20.5 Å². The molecule has 0 saturated carbocycles. The molecule has 1 N–H and O–H groups in total. The first-order valence-corrected chi connectivity index (χ1v) is 11.9. The summed E-state index contributed by atoms with van der Waals surface area (Å²) in [5.74, 6) is -0.777. The highest BCUT2D eigenvalue weighted by molar-refractivity contribution is 7.85. The van der Waals surface area contributed by atoms with Gasteiger partial charge in [-0.2, -0.15) is 8.42 Å². The first-order chi connectivity index (χ1) is 16.1. The van der Waals surface area contributed by atoms with Gasteiger partial charge in [0, 0.05) is 22.8 Å². The van der Waals surface area contributed by atoms with Crippen LogP contribution < -0.4 is 10.1 Å². The Morgan fingerprint density at radius 3 is 2.65 bits per heavy atom. The lowest BCUT2D eigenvalue weighted by molar-refractivity contribution is 0.254. The van der Waals surface area contributed by atoms with Crippen molar-refractivity contribution < 1.29 is 26.5 Å². The second-order valence-corrected chi connectivity index (χ2v) is 9.29. The average molecular weight is 485 g/mol. The Hall–Kier alpha value is -3.83. The summed E-state index contributed by atoms with van der Waals surface area (Å²) >= 11 is 0. The maximum Gasteiger partial charge on any atom is 0.330 e. The van der Waals surface area contributed by atoms with Crippen molar-refractivity contribution in [1.29, 1.82) is 0 Å². The number of ether oxygens (including phenoxy) is 1. The fourth-order valence-electron chi connectivity index (χ4n) is 3.40. The van der Waals surface area contributed by atoms with Gasteiger partial charge >= 0.3 is 6.03 Å². The molecule has 0 bridgehead atoms. The minimum atomic E-state index is -3.65. The zero-order valence-electron chi connectivity index (χ0n) is 18.6. The van der Waals surface area contributed by atoms with Crippen molar-refractivity contribution in [2.24, 2.45) is 0 Å². The van der Waals surface area contributed by atoms with Gasteiger partial charge in [-0.25, -0.2) is 19.2 Å². The average Bonchev–Trinajstić information content (AvgIpc) is 3.11. The van der Waals surface area contributed by atoms with E-state index in [9.17, 15) is 13.2 Å². The van der Waals surface area contributed by atoms with Crippen LogP contribution in [0.5, 0.6) is 11.6 Å². The quantitative estimate of drug-likeness (QED) is 0.400. The number of carbonyl (C=O) groups excluding carboxylic acids is 1. The summed E-state index contributed by atoms with van der Waals surface area (Å²) in [5, 5.41) is 3.02. The number of fused-ring (bicyclic) bond motifs is 1. The summed E-state index contributed by atoms with van der Waals surface area (Å²) in [4.78, 5) is 20.7. The fourth-order valence-corrected chi connectivity index (χ4v) is 3.74. The van der Waals surface area contributed by atoms with E-state index in [1.165, 1.54) is 16.7 Å². The molecule has 2 heterocycles. The highest BCUT2D eigenvalue weighted by Crippen LogP contribution is 2.31. The van der Waals surface area contributed by atoms with Crippen molar-refractivity contribution >= 4 is 32.7 Å². The van der Waals surface area contributed by atoms with Gasteiger partial charge in [-0.05, 0) is 49.7 Å². The molecular formula is C23H21FN4O5S. The lowest BCUT2D eigenvalue weighted by Gasteiger charge is -2.11. The van der Waals surface area contributed by atoms with E-state index in [1.807, 2.05) is 25.1 Å². The predicted molar refractivity (Wildman–Crippen MR) is 124 cm³/mol. The van der Waals surface area contributed by atoms with E-state index in [1.54, 1.807) is 25.1 Å². The Kier molecular flexibility index (Phi) is 6.31. The first kappa shape index (κ1) is 23.3. The van der Waals surface area contributed by atoms with Gasteiger partial charge in [-0.15, -0.1) is 0 Å². The molecular weight excluding hydrogens is 463 g/mol. The van der Waals surface area contributed by atoms with E-state index >= 15 is 4.39 Å². The van der Waals surface area contributed by atoms with E-state index in [0.717, 1.165) is 18.1 Å². The topological polar surface area (TPSA) is 112 Å². The zero-order chi connectivity index (χ0) is 24.5. The summed E-state index contributed by atoms with van der Waals surface area (Å²) in [6, 6.07) is 12.8. The molecule has 0 unspecified atom stereocenters. The Balaban J connectivity index is 1.60. The molecule has 0 aliphatic carbocycles. The van der Waals surface area contributed by atoms with Crippen molar-refractivity contribution in [3.05, 3.63) is 77.6 Å². The van der Waals surface area contributed by atoms with Gasteiger partial charge in [-0.3, -0.25) is 8.75 Å². The normalized spacial score (nSPS) is 11.5. The van der Waals surface area contributed by atoms with Crippen LogP contribution in [0, 0.1) is 19.7 Å². The number of benzene rings is 2. The van der Waals surface area contributed by atoms with Gasteiger partial charge in [0.25, 0.3) is 10.1 Å². The van der Waals surface area contributed by atoms with E-state index in [0.29, 0.717) is 16.9 Å². The largest absolute Gasteiger partial charge is 0.436 e. The molecule has 0 atom stereocenters. The van der Waals surface area contributed by atoms with E-state index < -0.39 is 22.0 Å². The number of anilines is 1. The maximum atomic E-state index is 15.3. The van der Waals surface area contributed by atoms with Crippen LogP contribution in [-0.2, 0) is 20.9 Å². The number of nitrogens with zero attached hydrogens (tertiary/aromatic N) is 3. The Morgan fingerprint density at radius 1 is 1.12 bits per heavy atom. The highest BCUT2D eigenvalue weighted by Gasteiger charge is 2.19. The molecule has 0 fully saturated rings. The Bertz CT molecular complexity index is 1500. The molecule has 0 radical (unpaired) electrons. The molecule has 34 heavy (non-hydrogen) atoms. The molecule has 2 aromatic heterocycles. The van der Waals surface area contributed by atoms with Crippen molar-refractivity contribution in [2.75, 3.05) is 11.6 Å². The molecule has 0 aliphatic rings. The summed E-state index contributed by atoms with van der Waals surface area (Å²) in [6.45, 7) is 3.31. The Labute approximate surface area is 195 Å². The van der Waals surface area contributed by atoms with E-state index in [-0.39, 0.29) is 29.3 Å². The standard InChI is InChI=1S/C23H21FN4O5S/c1-14-5-4-6-16(9-14)27-23(29)28-15(2)10-18-19(28)7-8-20(22(18)24)33-21-11-17(25-13-26-21)12-32-34(3,30)31/h4-11,13H,12H2,1-3H3,(H,27,29). The number of hydrogen-bond acceptors (Lipinski definition) is 7. The van der Waals surface area contributed by atoms with Crippen molar-refractivity contribution in [1.82, 2.24) is 14.5 Å². The minimum absolute atomic E-state index is 0.00805. The molecule has 0 aliphatic heterocycles. The summed E-state index contributed by atoms with van der Waals surface area (Å²) in [6.07, 6.45) is 2.08. The van der Waals surface area contributed by atoms with Gasteiger partial charge in [0.2, 0.25) is 5.88 Å². The van der Waals surface area contributed by atoms with Crippen molar-refractivity contribution in [3.8, 4) is 11.6 Å². The SMILES string of the molecule is Cc1cccc(NC(=O)n2c(C)cc3c(F)c(Oc4cc(COS(C)(=O)=O)ncn4)ccc32)c1. The predicted octanol–water partition coefficient (Wildman–Crippen LogP) is 4.54. The Morgan fingerprint density at radius 2 is 1.91 bits per heavy atom. The number of nitrogens with one attached hydrogen (secondary N) is 1. The monoisotopic (exact) mass is 484 g/mol. The number of aryl methyl sites for hydroxylation is 2.